The molecular weight excluding hydrogens is 500 g/mol. The molecule has 0 spiro atoms. The van der Waals surface area contributed by atoms with Crippen LogP contribution in [0, 0.1) is 11.8 Å². The molecule has 2 saturated carbocycles. The number of ether oxygens (including phenoxy) is 1. The fraction of sp³-hybridized carbons (Fsp3) is 0.621. The maximum Gasteiger partial charge on any atom is 0.306 e. The number of hydrogen-bond acceptors (Lipinski definition) is 7. The second-order valence-corrected chi connectivity index (χ2v) is 10.8. The minimum absolute atomic E-state index is 0.000204. The lowest BCUT2D eigenvalue weighted by Crippen LogP contribution is -2.38. The van der Waals surface area contributed by atoms with Gasteiger partial charge in [-0.2, -0.15) is 0 Å². The Labute approximate surface area is 229 Å². The number of carbonyl (C=O) groups is 3. The molecule has 1 aromatic heterocycles. The largest absolute Gasteiger partial charge is 0.490 e. The van der Waals surface area contributed by atoms with Crippen molar-refractivity contribution in [3.05, 3.63) is 41.6 Å². The first kappa shape index (κ1) is 28.6. The number of nitrogens with one attached hydrogen (secondary N) is 2. The van der Waals surface area contributed by atoms with E-state index in [1.807, 2.05) is 0 Å². The van der Waals surface area contributed by atoms with Gasteiger partial charge in [0.25, 0.3) is 5.91 Å². The maximum absolute atomic E-state index is 12.6. The Morgan fingerprint density at radius 1 is 0.949 bits per heavy atom. The first-order valence-electron chi connectivity index (χ1n) is 14.2. The van der Waals surface area contributed by atoms with Crippen LogP contribution in [0.3, 0.4) is 0 Å². The van der Waals surface area contributed by atoms with Crippen LogP contribution in [0.15, 0.2) is 28.7 Å². The summed E-state index contributed by atoms with van der Waals surface area (Å²) >= 11 is 0. The van der Waals surface area contributed by atoms with Gasteiger partial charge in [0.15, 0.2) is 0 Å². The van der Waals surface area contributed by atoms with Crippen molar-refractivity contribution in [2.45, 2.75) is 89.6 Å². The van der Waals surface area contributed by atoms with Crippen LogP contribution in [-0.2, 0) is 9.59 Å². The van der Waals surface area contributed by atoms with Crippen LogP contribution in [0.25, 0.3) is 0 Å². The third-order valence-corrected chi connectivity index (χ3v) is 8.09. The molecule has 0 aliphatic heterocycles. The molecule has 3 N–H and O–H groups in total. The molecule has 4 rings (SSSR count). The third-order valence-electron chi connectivity index (χ3n) is 8.09. The maximum atomic E-state index is 12.6. The molecule has 1 atom stereocenters. The second kappa shape index (κ2) is 13.6. The van der Waals surface area contributed by atoms with Crippen LogP contribution in [-0.4, -0.2) is 52.3 Å². The van der Waals surface area contributed by atoms with Gasteiger partial charge >= 0.3 is 5.97 Å². The van der Waals surface area contributed by atoms with Crippen molar-refractivity contribution in [2.75, 3.05) is 13.1 Å². The summed E-state index contributed by atoms with van der Waals surface area (Å²) in [6, 6.07) is 6.94. The van der Waals surface area contributed by atoms with Gasteiger partial charge < -0.3 is 24.9 Å². The summed E-state index contributed by atoms with van der Waals surface area (Å²) in [7, 11) is 0. The average Bonchev–Trinajstić information content (AvgIpc) is 3.46. The van der Waals surface area contributed by atoms with Crippen molar-refractivity contribution in [3.63, 3.8) is 0 Å². The first-order chi connectivity index (χ1) is 18.8. The summed E-state index contributed by atoms with van der Waals surface area (Å²) < 4.78 is 11.8. The standard InChI is InChI=1S/C29H40N4O6/c1-3-18(2)27-32-33-28(39-27)21-6-4-19(5-7-21)25(34)30-16-17-31-26(35)20-8-12-23(13-9-20)38-24-14-10-22(11-15-24)29(36)37/h8-9,12-13,18-19,21-22,24H,3-7,10-11,14-17H2,1-2H3,(H,30,34)(H,31,35)(H,36,37). The molecule has 39 heavy (non-hydrogen) atoms. The molecule has 2 aromatic rings. The van der Waals surface area contributed by atoms with Gasteiger partial charge in [-0.25, -0.2) is 0 Å². The molecule has 212 valence electrons. The Bertz CT molecular complexity index is 1100. The Morgan fingerprint density at radius 2 is 1.59 bits per heavy atom. The van der Waals surface area contributed by atoms with Gasteiger partial charge in [0, 0.05) is 36.4 Å². The number of benzene rings is 1. The lowest BCUT2D eigenvalue weighted by atomic mass is 9.81. The Balaban J connectivity index is 1.12. The van der Waals surface area contributed by atoms with Gasteiger partial charge in [0.2, 0.25) is 17.7 Å². The number of hydrogen-bond donors (Lipinski definition) is 3. The number of aliphatic carboxylic acids is 1. The summed E-state index contributed by atoms with van der Waals surface area (Å²) in [5, 5.41) is 23.3. The molecule has 2 aliphatic carbocycles. The number of rotatable bonds is 11. The molecule has 1 unspecified atom stereocenters. The van der Waals surface area contributed by atoms with Crippen molar-refractivity contribution in [1.82, 2.24) is 20.8 Å². The number of aromatic nitrogens is 2. The molecule has 0 radical (unpaired) electrons. The van der Waals surface area contributed by atoms with Gasteiger partial charge in [-0.15, -0.1) is 10.2 Å². The summed E-state index contributed by atoms with van der Waals surface area (Å²) in [6.07, 6.45) is 6.87. The predicted octanol–water partition coefficient (Wildman–Crippen LogP) is 4.43. The van der Waals surface area contributed by atoms with E-state index in [1.54, 1.807) is 24.3 Å². The van der Waals surface area contributed by atoms with Gasteiger partial charge in [-0.3, -0.25) is 14.4 Å². The second-order valence-electron chi connectivity index (χ2n) is 10.8. The van der Waals surface area contributed by atoms with E-state index in [-0.39, 0.29) is 41.6 Å². The van der Waals surface area contributed by atoms with Gasteiger partial charge in [-0.05, 0) is 82.1 Å². The average molecular weight is 541 g/mol. The Kier molecular flexibility index (Phi) is 9.95. The van der Waals surface area contributed by atoms with Crippen LogP contribution in [0.1, 0.15) is 106 Å². The van der Waals surface area contributed by atoms with E-state index in [0.29, 0.717) is 61.9 Å². The molecule has 2 amide bonds. The Morgan fingerprint density at radius 3 is 2.23 bits per heavy atom. The van der Waals surface area contributed by atoms with Gasteiger partial charge in [-0.1, -0.05) is 13.8 Å². The summed E-state index contributed by atoms with van der Waals surface area (Å²) in [6.45, 7) is 4.88. The van der Waals surface area contributed by atoms with E-state index in [9.17, 15) is 14.4 Å². The van der Waals surface area contributed by atoms with Crippen LogP contribution in [0.4, 0.5) is 0 Å². The molecule has 2 aliphatic rings. The monoisotopic (exact) mass is 540 g/mol. The van der Waals surface area contributed by atoms with E-state index < -0.39 is 5.97 Å². The van der Waals surface area contributed by atoms with E-state index in [4.69, 9.17) is 14.3 Å². The smallest absolute Gasteiger partial charge is 0.306 e. The lowest BCUT2D eigenvalue weighted by Gasteiger charge is -2.26. The molecular formula is C29H40N4O6. The molecule has 2 fully saturated rings. The van der Waals surface area contributed by atoms with Crippen LogP contribution < -0.4 is 15.4 Å². The van der Waals surface area contributed by atoms with Crippen molar-refractivity contribution in [1.29, 1.82) is 0 Å². The molecule has 0 bridgehead atoms. The zero-order chi connectivity index (χ0) is 27.8. The van der Waals surface area contributed by atoms with Crippen molar-refractivity contribution >= 4 is 17.8 Å². The van der Waals surface area contributed by atoms with E-state index in [1.165, 1.54) is 0 Å². The molecule has 1 heterocycles. The minimum Gasteiger partial charge on any atom is -0.490 e. The van der Waals surface area contributed by atoms with Crippen LogP contribution >= 0.6 is 0 Å². The van der Waals surface area contributed by atoms with Gasteiger partial charge in [0.1, 0.15) is 5.75 Å². The van der Waals surface area contributed by atoms with E-state index in [0.717, 1.165) is 32.1 Å². The third kappa shape index (κ3) is 7.80. The molecule has 0 saturated heterocycles. The zero-order valence-electron chi connectivity index (χ0n) is 22.9. The number of nitrogens with zero attached hydrogens (tertiary/aromatic N) is 2. The highest BCUT2D eigenvalue weighted by molar-refractivity contribution is 5.94. The fourth-order valence-electron chi connectivity index (χ4n) is 5.30. The molecule has 10 heteroatoms. The van der Waals surface area contributed by atoms with E-state index in [2.05, 4.69) is 34.7 Å². The topological polar surface area (TPSA) is 144 Å². The first-order valence-corrected chi connectivity index (χ1v) is 14.2. The quantitative estimate of drug-likeness (QED) is 0.355. The highest BCUT2D eigenvalue weighted by Gasteiger charge is 2.30. The van der Waals surface area contributed by atoms with Crippen molar-refractivity contribution in [2.24, 2.45) is 11.8 Å². The zero-order valence-corrected chi connectivity index (χ0v) is 22.9. The van der Waals surface area contributed by atoms with Crippen molar-refractivity contribution < 1.29 is 28.6 Å². The highest BCUT2D eigenvalue weighted by atomic mass is 16.5. The summed E-state index contributed by atoms with van der Waals surface area (Å²) in [5.74, 6) is 1.27. The van der Waals surface area contributed by atoms with Crippen LogP contribution in [0.2, 0.25) is 0 Å². The SMILES string of the molecule is CCC(C)c1nnc(C2CCC(C(=O)NCCNC(=O)c3ccc(OC4CCC(C(=O)O)CC4)cc3)CC2)o1. The highest BCUT2D eigenvalue weighted by Crippen LogP contribution is 2.36. The van der Waals surface area contributed by atoms with Gasteiger partial charge in [0.05, 0.1) is 12.0 Å². The van der Waals surface area contributed by atoms with Crippen molar-refractivity contribution in [3.8, 4) is 5.75 Å². The number of carboxylic acid groups (broad SMARTS) is 1. The Hall–Kier alpha value is -3.43. The van der Waals surface area contributed by atoms with E-state index >= 15 is 0 Å². The minimum atomic E-state index is -0.733. The summed E-state index contributed by atoms with van der Waals surface area (Å²) in [5.41, 5.74) is 0.513. The number of amides is 2. The lowest BCUT2D eigenvalue weighted by molar-refractivity contribution is -0.143. The molecule has 10 nitrogen and oxygen atoms in total. The normalized spacial score (nSPS) is 23.9. The number of carboxylic acids is 1. The van der Waals surface area contributed by atoms with Crippen LogP contribution in [0.5, 0.6) is 5.75 Å². The predicted molar refractivity (Wildman–Crippen MR) is 143 cm³/mol. The molecule has 1 aromatic carbocycles. The number of carbonyl (C=O) groups excluding carboxylic acids is 2. The fourth-order valence-corrected chi connectivity index (χ4v) is 5.30. The summed E-state index contributed by atoms with van der Waals surface area (Å²) in [4.78, 5) is 36.2.